The van der Waals surface area contributed by atoms with Crippen molar-refractivity contribution in [2.45, 2.75) is 79.4 Å². The van der Waals surface area contributed by atoms with Crippen LogP contribution in [0.25, 0.3) is 11.2 Å². The average molecular weight is 484 g/mol. The number of imidazole rings is 1. The van der Waals surface area contributed by atoms with Gasteiger partial charge in [-0.2, -0.15) is 0 Å². The van der Waals surface area contributed by atoms with Gasteiger partial charge in [0.05, 0.1) is 18.5 Å². The Morgan fingerprint density at radius 3 is 2.52 bits per heavy atom. The molecule has 12 heteroatoms. The van der Waals surface area contributed by atoms with Crippen LogP contribution >= 0.6 is 8.18 Å². The molecule has 184 valence electrons. The standard InChI is InChI=1S/C21H36N6O5P/c1-8-17(10-30-33(29)26-15(6)21(28)31-14(4)5)32-16(7)27-12-25-18-19(22-9-13(2)3)23-11-24-20(18)27/h11-17H,8-10H2,1-7H3,(H,26,29)(H,22,23,24)/q+1/t15-,16+,17-/m0/s1. The molecule has 4 atom stereocenters. The Morgan fingerprint density at radius 2 is 1.88 bits per heavy atom. The molecule has 0 saturated carbocycles. The minimum Gasteiger partial charge on any atom is -0.462 e. The van der Waals surface area contributed by atoms with Gasteiger partial charge >= 0.3 is 14.1 Å². The first kappa shape index (κ1) is 27.0. The molecule has 0 radical (unpaired) electrons. The zero-order valence-electron chi connectivity index (χ0n) is 20.4. The molecule has 2 N–H and O–H groups in total. The summed E-state index contributed by atoms with van der Waals surface area (Å²) in [5, 5.41) is 5.91. The van der Waals surface area contributed by atoms with E-state index in [9.17, 15) is 9.36 Å². The zero-order valence-corrected chi connectivity index (χ0v) is 21.3. The number of fused-ring (bicyclic) bond motifs is 1. The van der Waals surface area contributed by atoms with Gasteiger partial charge in [-0.05, 0) is 44.6 Å². The van der Waals surface area contributed by atoms with Crippen molar-refractivity contribution in [2.24, 2.45) is 5.92 Å². The van der Waals surface area contributed by atoms with Crippen LogP contribution < -0.4 is 10.4 Å². The molecule has 0 bridgehead atoms. The number of hydrogen-bond donors (Lipinski definition) is 2. The summed E-state index contributed by atoms with van der Waals surface area (Å²) in [6.45, 7) is 14.0. The van der Waals surface area contributed by atoms with E-state index in [0.717, 1.165) is 6.54 Å². The monoisotopic (exact) mass is 483 g/mol. The smallest absolute Gasteiger partial charge is 0.462 e. The van der Waals surface area contributed by atoms with Crippen molar-refractivity contribution in [1.29, 1.82) is 0 Å². The third-order valence-corrected chi connectivity index (χ3v) is 5.64. The topological polar surface area (TPSA) is 129 Å². The minimum atomic E-state index is -2.26. The number of hydrogen-bond acceptors (Lipinski definition) is 9. The Hall–Kier alpha value is -2.20. The predicted octanol–water partition coefficient (Wildman–Crippen LogP) is 3.81. The van der Waals surface area contributed by atoms with Crippen molar-refractivity contribution >= 4 is 31.1 Å². The van der Waals surface area contributed by atoms with E-state index >= 15 is 0 Å². The molecular weight excluding hydrogens is 447 g/mol. The highest BCUT2D eigenvalue weighted by Gasteiger charge is 2.29. The number of carbonyl (C=O) groups is 1. The molecule has 0 spiro atoms. The number of anilines is 1. The van der Waals surface area contributed by atoms with Gasteiger partial charge in [0.2, 0.25) is 0 Å². The maximum atomic E-state index is 12.2. The molecule has 0 fully saturated rings. The fourth-order valence-electron chi connectivity index (χ4n) is 2.88. The van der Waals surface area contributed by atoms with E-state index in [1.54, 1.807) is 27.1 Å². The Labute approximate surface area is 195 Å². The van der Waals surface area contributed by atoms with Gasteiger partial charge in [0.15, 0.2) is 17.0 Å². The fourth-order valence-corrected chi connectivity index (χ4v) is 3.68. The van der Waals surface area contributed by atoms with Crippen molar-refractivity contribution in [3.63, 3.8) is 0 Å². The summed E-state index contributed by atoms with van der Waals surface area (Å²) in [6, 6.07) is -0.744. The molecule has 0 aromatic carbocycles. The van der Waals surface area contributed by atoms with Crippen LogP contribution in [0.3, 0.4) is 0 Å². The molecule has 0 saturated heterocycles. The average Bonchev–Trinajstić information content (AvgIpc) is 3.19. The SMILES string of the molecule is CC[C@@H](CO[P+](=O)N[C@@H](C)C(=O)OC(C)C)O[C@H](C)n1cnc2c(NCC(C)C)ncnc21. The van der Waals surface area contributed by atoms with Crippen molar-refractivity contribution in [2.75, 3.05) is 18.5 Å². The number of nitrogens with one attached hydrogen (secondary N) is 2. The van der Waals surface area contributed by atoms with E-state index in [0.29, 0.717) is 29.3 Å². The second-order valence-corrected chi connectivity index (χ2v) is 9.51. The van der Waals surface area contributed by atoms with Crippen LogP contribution in [0.5, 0.6) is 0 Å². The summed E-state index contributed by atoms with van der Waals surface area (Å²) in [5.41, 5.74) is 1.33. The molecule has 1 unspecified atom stereocenters. The van der Waals surface area contributed by atoms with Gasteiger partial charge in [-0.1, -0.05) is 25.9 Å². The van der Waals surface area contributed by atoms with Gasteiger partial charge in [-0.25, -0.2) is 15.0 Å². The van der Waals surface area contributed by atoms with Crippen molar-refractivity contribution in [3.8, 4) is 0 Å². The van der Waals surface area contributed by atoms with Crippen LogP contribution in [0.1, 0.15) is 61.1 Å². The van der Waals surface area contributed by atoms with Gasteiger partial charge in [0.1, 0.15) is 25.2 Å². The molecule has 2 rings (SSSR count). The van der Waals surface area contributed by atoms with E-state index in [1.165, 1.54) is 6.33 Å². The number of rotatable bonds is 14. The van der Waals surface area contributed by atoms with Crippen LogP contribution in [0.4, 0.5) is 5.82 Å². The normalized spacial score (nSPS) is 15.0. The molecule has 2 aromatic heterocycles. The number of nitrogens with zero attached hydrogens (tertiary/aromatic N) is 4. The van der Waals surface area contributed by atoms with E-state index in [-0.39, 0.29) is 25.0 Å². The van der Waals surface area contributed by atoms with Gasteiger partial charge < -0.3 is 14.8 Å². The maximum Gasteiger partial charge on any atom is 0.613 e. The second-order valence-electron chi connectivity index (χ2n) is 8.48. The van der Waals surface area contributed by atoms with E-state index < -0.39 is 20.2 Å². The van der Waals surface area contributed by atoms with Gasteiger partial charge in [0.25, 0.3) is 0 Å². The quantitative estimate of drug-likeness (QED) is 0.302. The van der Waals surface area contributed by atoms with Gasteiger partial charge in [0, 0.05) is 6.54 Å². The number of esters is 1. The largest absolute Gasteiger partial charge is 0.613 e. The molecule has 11 nitrogen and oxygen atoms in total. The lowest BCUT2D eigenvalue weighted by atomic mass is 10.2. The van der Waals surface area contributed by atoms with Gasteiger partial charge in [-0.3, -0.25) is 9.36 Å². The fraction of sp³-hybridized carbons (Fsp3) is 0.714. The van der Waals surface area contributed by atoms with Crippen LogP contribution in [0.2, 0.25) is 0 Å². The number of aromatic nitrogens is 4. The summed E-state index contributed by atoms with van der Waals surface area (Å²) in [4.78, 5) is 25.0. The highest BCUT2D eigenvalue weighted by atomic mass is 31.1. The Morgan fingerprint density at radius 1 is 1.15 bits per heavy atom. The lowest BCUT2D eigenvalue weighted by molar-refractivity contribution is -0.149. The summed E-state index contributed by atoms with van der Waals surface area (Å²) in [5.74, 6) is 0.669. The summed E-state index contributed by atoms with van der Waals surface area (Å²) in [6.07, 6.45) is 2.85. The third-order valence-electron chi connectivity index (χ3n) is 4.66. The number of carbonyl (C=O) groups excluding carboxylic acids is 1. The molecule has 33 heavy (non-hydrogen) atoms. The molecule has 2 heterocycles. The van der Waals surface area contributed by atoms with Crippen LogP contribution in [0, 0.1) is 5.92 Å². The van der Waals surface area contributed by atoms with E-state index in [2.05, 4.69) is 39.2 Å². The highest BCUT2D eigenvalue weighted by Crippen LogP contribution is 2.24. The number of ether oxygens (including phenoxy) is 2. The zero-order chi connectivity index (χ0) is 24.5. The van der Waals surface area contributed by atoms with Gasteiger partial charge in [-0.15, -0.1) is 4.52 Å². The summed E-state index contributed by atoms with van der Waals surface area (Å²) in [7, 11) is -2.26. The Bertz CT molecular complexity index is 922. The molecule has 0 amide bonds. The molecule has 0 aliphatic carbocycles. The predicted molar refractivity (Wildman–Crippen MR) is 126 cm³/mol. The highest BCUT2D eigenvalue weighted by molar-refractivity contribution is 7.36. The summed E-state index contributed by atoms with van der Waals surface area (Å²) >= 11 is 0. The van der Waals surface area contributed by atoms with Crippen LogP contribution in [-0.4, -0.2) is 56.9 Å². The molecule has 0 aliphatic rings. The van der Waals surface area contributed by atoms with Crippen LogP contribution in [-0.2, 0) is 23.4 Å². The molecule has 0 aliphatic heterocycles. The van der Waals surface area contributed by atoms with E-state index in [1.807, 2.05) is 18.4 Å². The first-order valence-electron chi connectivity index (χ1n) is 11.3. The second kappa shape index (κ2) is 12.9. The lowest BCUT2D eigenvalue weighted by Gasteiger charge is -2.21. The molecular formula is C21H36N6O5P+. The minimum absolute atomic E-state index is 0.0950. The molecule has 2 aromatic rings. The van der Waals surface area contributed by atoms with Crippen LogP contribution in [0.15, 0.2) is 12.7 Å². The maximum absolute atomic E-state index is 12.2. The summed E-state index contributed by atoms with van der Waals surface area (Å²) < 4.78 is 30.6. The van der Waals surface area contributed by atoms with Crippen molar-refractivity contribution < 1.29 is 23.4 Å². The van der Waals surface area contributed by atoms with Crippen molar-refractivity contribution in [3.05, 3.63) is 12.7 Å². The Balaban J connectivity index is 1.94. The first-order valence-corrected chi connectivity index (χ1v) is 12.4. The van der Waals surface area contributed by atoms with E-state index in [4.69, 9.17) is 14.0 Å². The third kappa shape index (κ3) is 8.26. The van der Waals surface area contributed by atoms with Crippen molar-refractivity contribution in [1.82, 2.24) is 24.6 Å². The Kier molecular flexibility index (Phi) is 10.6. The first-order chi connectivity index (χ1) is 15.6. The lowest BCUT2D eigenvalue weighted by Crippen LogP contribution is -2.33.